The largest absolute Gasteiger partial charge is 0.401 e. The summed E-state index contributed by atoms with van der Waals surface area (Å²) in [7, 11) is 0. The van der Waals surface area contributed by atoms with Crippen LogP contribution < -0.4 is 11.1 Å². The van der Waals surface area contributed by atoms with Gasteiger partial charge in [0.05, 0.1) is 6.54 Å². The van der Waals surface area contributed by atoms with E-state index in [4.69, 9.17) is 5.73 Å². The minimum atomic E-state index is -4.25. The highest BCUT2D eigenvalue weighted by molar-refractivity contribution is 5.76. The SMILES string of the molecule is NCCN(CCC(=O)NC1CC1)CC(F)(F)F. The first-order chi connectivity index (χ1) is 7.90. The number of carbonyl (C=O) groups is 1. The van der Waals surface area contributed by atoms with Crippen molar-refractivity contribution in [1.29, 1.82) is 0 Å². The molecule has 0 atom stereocenters. The van der Waals surface area contributed by atoms with Crippen molar-refractivity contribution in [3.05, 3.63) is 0 Å². The van der Waals surface area contributed by atoms with Gasteiger partial charge in [-0.2, -0.15) is 13.2 Å². The maximum absolute atomic E-state index is 12.2. The van der Waals surface area contributed by atoms with Gasteiger partial charge in [-0.25, -0.2) is 0 Å². The van der Waals surface area contributed by atoms with E-state index in [1.165, 1.54) is 0 Å². The summed E-state index contributed by atoms with van der Waals surface area (Å²) in [5.41, 5.74) is 5.24. The van der Waals surface area contributed by atoms with Gasteiger partial charge < -0.3 is 11.1 Å². The van der Waals surface area contributed by atoms with Crippen molar-refractivity contribution in [2.75, 3.05) is 26.2 Å². The van der Waals surface area contributed by atoms with Crippen LogP contribution in [0.3, 0.4) is 0 Å². The van der Waals surface area contributed by atoms with Crippen molar-refractivity contribution in [1.82, 2.24) is 10.2 Å². The third-order valence-electron chi connectivity index (χ3n) is 2.45. The van der Waals surface area contributed by atoms with Crippen LogP contribution in [0, 0.1) is 0 Å². The number of halogens is 3. The molecule has 1 aliphatic rings. The molecule has 0 radical (unpaired) electrons. The number of hydrogen-bond acceptors (Lipinski definition) is 3. The Kier molecular flexibility index (Phi) is 5.20. The van der Waals surface area contributed by atoms with Crippen LogP contribution in [0.5, 0.6) is 0 Å². The summed E-state index contributed by atoms with van der Waals surface area (Å²) in [6.07, 6.45) is -2.21. The summed E-state index contributed by atoms with van der Waals surface area (Å²) < 4.78 is 36.6. The third-order valence-corrected chi connectivity index (χ3v) is 2.45. The minimum Gasteiger partial charge on any atom is -0.353 e. The molecule has 1 amide bonds. The van der Waals surface area contributed by atoms with Crippen LogP contribution in [0.4, 0.5) is 13.2 Å². The molecule has 0 aromatic heterocycles. The van der Waals surface area contributed by atoms with Gasteiger partial charge in [0.2, 0.25) is 5.91 Å². The first kappa shape index (κ1) is 14.2. The smallest absolute Gasteiger partial charge is 0.353 e. The van der Waals surface area contributed by atoms with Gasteiger partial charge in [0, 0.05) is 32.1 Å². The number of hydrogen-bond donors (Lipinski definition) is 2. The molecule has 0 bridgehead atoms. The van der Waals surface area contributed by atoms with E-state index < -0.39 is 12.7 Å². The molecule has 0 aromatic rings. The molecule has 4 nitrogen and oxygen atoms in total. The number of amides is 1. The molecular formula is C10H18F3N3O. The number of alkyl halides is 3. The lowest BCUT2D eigenvalue weighted by Crippen LogP contribution is -2.40. The molecule has 0 saturated heterocycles. The van der Waals surface area contributed by atoms with Crippen LogP contribution in [0.2, 0.25) is 0 Å². The molecule has 0 heterocycles. The molecule has 100 valence electrons. The van der Waals surface area contributed by atoms with Gasteiger partial charge in [-0.05, 0) is 12.8 Å². The Hall–Kier alpha value is -0.820. The fourth-order valence-corrected chi connectivity index (χ4v) is 1.49. The van der Waals surface area contributed by atoms with Crippen LogP contribution in [-0.2, 0) is 4.79 Å². The van der Waals surface area contributed by atoms with Gasteiger partial charge in [0.15, 0.2) is 0 Å². The molecule has 0 unspecified atom stereocenters. The van der Waals surface area contributed by atoms with E-state index in [0.717, 1.165) is 17.7 Å². The molecule has 1 rings (SSSR count). The van der Waals surface area contributed by atoms with E-state index in [1.807, 2.05) is 0 Å². The van der Waals surface area contributed by atoms with Gasteiger partial charge >= 0.3 is 6.18 Å². The first-order valence-corrected chi connectivity index (χ1v) is 5.69. The molecule has 1 fully saturated rings. The lowest BCUT2D eigenvalue weighted by molar-refractivity contribution is -0.147. The molecule has 7 heteroatoms. The van der Waals surface area contributed by atoms with Crippen molar-refractivity contribution in [2.45, 2.75) is 31.5 Å². The lowest BCUT2D eigenvalue weighted by Gasteiger charge is -2.22. The summed E-state index contributed by atoms with van der Waals surface area (Å²) >= 11 is 0. The van der Waals surface area contributed by atoms with Crippen molar-refractivity contribution in [3.63, 3.8) is 0 Å². The number of nitrogens with zero attached hydrogens (tertiary/aromatic N) is 1. The number of carbonyl (C=O) groups excluding carboxylic acids is 1. The van der Waals surface area contributed by atoms with Gasteiger partial charge in [-0.3, -0.25) is 9.69 Å². The maximum atomic E-state index is 12.2. The molecule has 17 heavy (non-hydrogen) atoms. The van der Waals surface area contributed by atoms with Crippen LogP contribution in [0.25, 0.3) is 0 Å². The number of rotatable bonds is 7. The second kappa shape index (κ2) is 6.20. The van der Waals surface area contributed by atoms with Crippen LogP contribution >= 0.6 is 0 Å². The van der Waals surface area contributed by atoms with Crippen molar-refractivity contribution in [2.24, 2.45) is 5.73 Å². The molecule has 0 aliphatic heterocycles. The zero-order valence-electron chi connectivity index (χ0n) is 9.59. The molecule has 0 aromatic carbocycles. The Balaban J connectivity index is 2.24. The number of nitrogens with one attached hydrogen (secondary N) is 1. The normalized spacial score (nSPS) is 16.3. The molecule has 1 aliphatic carbocycles. The Morgan fingerprint density at radius 2 is 2.00 bits per heavy atom. The fraction of sp³-hybridized carbons (Fsp3) is 0.900. The summed E-state index contributed by atoms with van der Waals surface area (Å²) in [6.45, 7) is -0.618. The van der Waals surface area contributed by atoms with Crippen molar-refractivity contribution < 1.29 is 18.0 Å². The van der Waals surface area contributed by atoms with E-state index in [9.17, 15) is 18.0 Å². The first-order valence-electron chi connectivity index (χ1n) is 5.69. The highest BCUT2D eigenvalue weighted by Gasteiger charge is 2.30. The summed E-state index contributed by atoms with van der Waals surface area (Å²) in [5, 5.41) is 2.74. The predicted molar refractivity (Wildman–Crippen MR) is 57.3 cm³/mol. The van der Waals surface area contributed by atoms with Crippen molar-refractivity contribution >= 4 is 5.91 Å². The Labute approximate surface area is 98.3 Å². The third kappa shape index (κ3) is 7.17. The zero-order chi connectivity index (χ0) is 12.9. The minimum absolute atomic E-state index is 0.0899. The van der Waals surface area contributed by atoms with E-state index >= 15 is 0 Å². The van der Waals surface area contributed by atoms with Gasteiger partial charge in [-0.1, -0.05) is 0 Å². The maximum Gasteiger partial charge on any atom is 0.401 e. The monoisotopic (exact) mass is 253 g/mol. The summed E-state index contributed by atoms with van der Waals surface area (Å²) in [4.78, 5) is 12.5. The second-order valence-electron chi connectivity index (χ2n) is 4.27. The van der Waals surface area contributed by atoms with E-state index in [1.54, 1.807) is 0 Å². The predicted octanol–water partition coefficient (Wildman–Crippen LogP) is 0.478. The second-order valence-corrected chi connectivity index (χ2v) is 4.27. The lowest BCUT2D eigenvalue weighted by atomic mass is 10.3. The Morgan fingerprint density at radius 3 is 2.47 bits per heavy atom. The van der Waals surface area contributed by atoms with Crippen LogP contribution in [0.1, 0.15) is 19.3 Å². The fourth-order valence-electron chi connectivity index (χ4n) is 1.49. The average molecular weight is 253 g/mol. The standard InChI is InChI=1S/C10H18F3N3O/c11-10(12,13)7-16(6-4-14)5-3-9(17)15-8-1-2-8/h8H,1-7,14H2,(H,15,17). The van der Waals surface area contributed by atoms with Crippen LogP contribution in [-0.4, -0.2) is 49.2 Å². The summed E-state index contributed by atoms with van der Waals surface area (Å²) in [5.74, 6) is -0.184. The highest BCUT2D eigenvalue weighted by atomic mass is 19.4. The Morgan fingerprint density at radius 1 is 1.35 bits per heavy atom. The van der Waals surface area contributed by atoms with Gasteiger partial charge in [0.25, 0.3) is 0 Å². The average Bonchev–Trinajstić information content (AvgIpc) is 2.96. The molecular weight excluding hydrogens is 235 g/mol. The molecule has 3 N–H and O–H groups in total. The summed E-state index contributed by atoms with van der Waals surface area (Å²) in [6, 6.07) is 0.244. The van der Waals surface area contributed by atoms with Gasteiger partial charge in [-0.15, -0.1) is 0 Å². The molecule has 0 spiro atoms. The topological polar surface area (TPSA) is 58.4 Å². The van der Waals surface area contributed by atoms with E-state index in [0.29, 0.717) is 0 Å². The Bertz CT molecular complexity index is 254. The van der Waals surface area contributed by atoms with Gasteiger partial charge in [0.1, 0.15) is 0 Å². The van der Waals surface area contributed by atoms with E-state index in [2.05, 4.69) is 5.32 Å². The zero-order valence-corrected chi connectivity index (χ0v) is 9.59. The van der Waals surface area contributed by atoms with E-state index in [-0.39, 0.29) is 38.0 Å². The highest BCUT2D eigenvalue weighted by Crippen LogP contribution is 2.19. The molecule has 1 saturated carbocycles. The quantitative estimate of drug-likeness (QED) is 0.693. The van der Waals surface area contributed by atoms with Crippen LogP contribution in [0.15, 0.2) is 0 Å². The van der Waals surface area contributed by atoms with Crippen molar-refractivity contribution in [3.8, 4) is 0 Å². The number of nitrogens with two attached hydrogens (primary N) is 1.